The van der Waals surface area contributed by atoms with E-state index in [1.807, 2.05) is 0 Å². The Morgan fingerprint density at radius 2 is 1.61 bits per heavy atom. The first-order valence-electron chi connectivity index (χ1n) is 9.80. The van der Waals surface area contributed by atoms with Gasteiger partial charge < -0.3 is 29.0 Å². The number of nitro benzene ring substituents is 1. The molecule has 0 unspecified atom stereocenters. The Morgan fingerprint density at radius 3 is 2.15 bits per heavy atom. The minimum Gasteiger partial charge on any atom is -0.463 e. The summed E-state index contributed by atoms with van der Waals surface area (Å²) in [7, 11) is 0. The third-order valence-electron chi connectivity index (χ3n) is 4.38. The van der Waals surface area contributed by atoms with Crippen LogP contribution < -0.4 is 10.1 Å². The van der Waals surface area contributed by atoms with Crippen molar-refractivity contribution in [1.29, 1.82) is 0 Å². The van der Waals surface area contributed by atoms with Gasteiger partial charge in [0.25, 0.3) is 0 Å². The number of benzene rings is 1. The van der Waals surface area contributed by atoms with Crippen molar-refractivity contribution in [2.45, 2.75) is 58.3 Å². The van der Waals surface area contributed by atoms with E-state index in [-0.39, 0.29) is 11.4 Å². The van der Waals surface area contributed by atoms with Crippen molar-refractivity contribution >= 4 is 29.5 Å². The molecular formula is C20H24N2O11. The summed E-state index contributed by atoms with van der Waals surface area (Å²) in [5.74, 6) is -2.96. The molecule has 33 heavy (non-hydrogen) atoms. The van der Waals surface area contributed by atoms with E-state index < -0.39 is 66.0 Å². The molecule has 13 nitrogen and oxygen atoms in total. The molecule has 0 spiro atoms. The lowest BCUT2D eigenvalue weighted by molar-refractivity contribution is -0.386. The van der Waals surface area contributed by atoms with Crippen LogP contribution in [0.3, 0.4) is 0 Å². The molecule has 1 aliphatic rings. The van der Waals surface area contributed by atoms with E-state index in [4.69, 9.17) is 23.7 Å². The number of carbonyl (C=O) groups is 4. The van der Waals surface area contributed by atoms with Crippen molar-refractivity contribution in [3.05, 3.63) is 34.4 Å². The van der Waals surface area contributed by atoms with Crippen molar-refractivity contribution in [3.63, 3.8) is 0 Å². The molecule has 1 amide bonds. The Kier molecular flexibility index (Phi) is 8.68. The van der Waals surface area contributed by atoms with Crippen LogP contribution in [0.5, 0.6) is 5.75 Å². The number of rotatable bonds is 8. The fourth-order valence-electron chi connectivity index (χ4n) is 3.22. The maximum absolute atomic E-state index is 11.9. The number of para-hydroxylation sites is 2. The predicted octanol–water partition coefficient (Wildman–Crippen LogP) is 0.630. The van der Waals surface area contributed by atoms with Crippen LogP contribution in [0.4, 0.5) is 5.69 Å². The Hall–Kier alpha value is -3.74. The summed E-state index contributed by atoms with van der Waals surface area (Å²) in [6.07, 6.45) is -5.28. The Bertz CT molecular complexity index is 919. The first kappa shape index (κ1) is 25.5. The smallest absolute Gasteiger partial charge is 0.311 e. The molecule has 5 atom stereocenters. The summed E-state index contributed by atoms with van der Waals surface area (Å²) in [6, 6.07) is 4.18. The highest BCUT2D eigenvalue weighted by atomic mass is 16.7. The number of nitrogens with one attached hydrogen (secondary N) is 1. The van der Waals surface area contributed by atoms with E-state index in [2.05, 4.69) is 5.32 Å². The van der Waals surface area contributed by atoms with Crippen LogP contribution >= 0.6 is 0 Å². The number of hydrogen-bond acceptors (Lipinski definition) is 11. The molecular weight excluding hydrogens is 444 g/mol. The normalized spacial score (nSPS) is 24.2. The summed E-state index contributed by atoms with van der Waals surface area (Å²) in [4.78, 5) is 57.5. The van der Waals surface area contributed by atoms with Crippen LogP contribution in [-0.2, 0) is 38.1 Å². The van der Waals surface area contributed by atoms with Crippen LogP contribution in [0.2, 0.25) is 0 Å². The van der Waals surface area contributed by atoms with E-state index in [0.29, 0.717) is 0 Å². The SMILES string of the molecule is CC(=O)N[C@@H]1[C@@H](Oc2ccccc2[N+](=O)[O-])O[C@@H](COC(C)=O)[C@@H](OC(C)=O)[C@@H]1OC(C)=O. The first-order chi connectivity index (χ1) is 15.5. The van der Waals surface area contributed by atoms with Gasteiger partial charge in [0.15, 0.2) is 18.0 Å². The van der Waals surface area contributed by atoms with Gasteiger partial charge in [-0.1, -0.05) is 12.1 Å². The fraction of sp³-hybridized carbons (Fsp3) is 0.500. The van der Waals surface area contributed by atoms with Gasteiger partial charge in [-0.3, -0.25) is 29.3 Å². The first-order valence-corrected chi connectivity index (χ1v) is 9.80. The van der Waals surface area contributed by atoms with Crippen molar-refractivity contribution < 1.29 is 47.8 Å². The molecule has 0 radical (unpaired) electrons. The van der Waals surface area contributed by atoms with Crippen LogP contribution in [0.1, 0.15) is 27.7 Å². The zero-order chi connectivity index (χ0) is 24.7. The molecule has 1 saturated heterocycles. The van der Waals surface area contributed by atoms with Crippen LogP contribution in [0.15, 0.2) is 24.3 Å². The zero-order valence-corrected chi connectivity index (χ0v) is 18.3. The molecule has 1 fully saturated rings. The standard InChI is InChI=1S/C20H24N2O11/c1-10(23)21-17-19(31-13(4)26)18(30-12(3)25)16(9-29-11(2)24)33-20(17)32-15-8-6-5-7-14(15)22(27)28/h5-8,16-20H,9H2,1-4H3,(H,21,23)/t16-,17-,18+,19+,20-/m0/s1. The molecule has 0 aromatic heterocycles. The van der Waals surface area contributed by atoms with E-state index >= 15 is 0 Å². The third-order valence-corrected chi connectivity index (χ3v) is 4.38. The van der Waals surface area contributed by atoms with Gasteiger partial charge in [-0.25, -0.2) is 0 Å². The van der Waals surface area contributed by atoms with Crippen LogP contribution in [0.25, 0.3) is 0 Å². The van der Waals surface area contributed by atoms with Crippen molar-refractivity contribution in [2.24, 2.45) is 0 Å². The summed E-state index contributed by atoms with van der Waals surface area (Å²) in [5, 5.41) is 13.9. The minimum atomic E-state index is -1.45. The number of carbonyl (C=O) groups excluding carboxylic acids is 4. The van der Waals surface area contributed by atoms with E-state index in [0.717, 1.165) is 20.8 Å². The van der Waals surface area contributed by atoms with Crippen molar-refractivity contribution in [2.75, 3.05) is 6.61 Å². The second-order valence-electron chi connectivity index (χ2n) is 7.06. The molecule has 1 aliphatic heterocycles. The Labute approximate surface area is 188 Å². The summed E-state index contributed by atoms with van der Waals surface area (Å²) >= 11 is 0. The molecule has 1 aromatic rings. The maximum Gasteiger partial charge on any atom is 0.311 e. The maximum atomic E-state index is 11.9. The number of hydrogen-bond donors (Lipinski definition) is 1. The second kappa shape index (κ2) is 11.2. The van der Waals surface area contributed by atoms with Gasteiger partial charge in [0.05, 0.1) is 4.92 Å². The van der Waals surface area contributed by atoms with Gasteiger partial charge in [0.2, 0.25) is 12.2 Å². The summed E-state index contributed by atoms with van der Waals surface area (Å²) < 4.78 is 27.1. The number of ether oxygens (including phenoxy) is 5. The Morgan fingerprint density at radius 1 is 1.00 bits per heavy atom. The number of esters is 3. The molecule has 0 saturated carbocycles. The lowest BCUT2D eigenvalue weighted by Gasteiger charge is -2.44. The highest BCUT2D eigenvalue weighted by Crippen LogP contribution is 2.32. The zero-order valence-electron chi connectivity index (χ0n) is 18.3. The Balaban J connectivity index is 2.51. The third kappa shape index (κ3) is 7.14. The minimum absolute atomic E-state index is 0.193. The van der Waals surface area contributed by atoms with E-state index in [9.17, 15) is 29.3 Å². The van der Waals surface area contributed by atoms with Crippen LogP contribution in [0, 0.1) is 10.1 Å². The van der Waals surface area contributed by atoms with E-state index in [1.165, 1.54) is 31.2 Å². The molecule has 0 aliphatic carbocycles. The van der Waals surface area contributed by atoms with E-state index in [1.54, 1.807) is 0 Å². The summed E-state index contributed by atoms with van der Waals surface area (Å²) in [6.45, 7) is 4.11. The van der Waals surface area contributed by atoms with Crippen molar-refractivity contribution in [3.8, 4) is 5.75 Å². The molecule has 1 N–H and O–H groups in total. The van der Waals surface area contributed by atoms with Gasteiger partial charge in [0, 0.05) is 33.8 Å². The second-order valence-corrected chi connectivity index (χ2v) is 7.06. The van der Waals surface area contributed by atoms with Crippen molar-refractivity contribution in [1.82, 2.24) is 5.32 Å². The molecule has 13 heteroatoms. The lowest BCUT2D eigenvalue weighted by atomic mass is 9.96. The molecule has 1 heterocycles. The fourth-order valence-corrected chi connectivity index (χ4v) is 3.22. The number of nitrogens with zero attached hydrogens (tertiary/aromatic N) is 1. The van der Waals surface area contributed by atoms with Gasteiger partial charge in [-0.2, -0.15) is 0 Å². The number of amides is 1. The quantitative estimate of drug-likeness (QED) is 0.246. The van der Waals surface area contributed by atoms with Gasteiger partial charge in [-0.15, -0.1) is 0 Å². The molecule has 180 valence electrons. The lowest BCUT2D eigenvalue weighted by Crippen LogP contribution is -2.67. The van der Waals surface area contributed by atoms with Gasteiger partial charge in [0.1, 0.15) is 18.8 Å². The highest BCUT2D eigenvalue weighted by Gasteiger charge is 2.52. The molecule has 0 bridgehead atoms. The predicted molar refractivity (Wildman–Crippen MR) is 108 cm³/mol. The topological polar surface area (TPSA) is 170 Å². The largest absolute Gasteiger partial charge is 0.463 e. The molecule has 2 rings (SSSR count). The average molecular weight is 468 g/mol. The average Bonchev–Trinajstić information content (AvgIpc) is 2.70. The number of nitro groups is 1. The van der Waals surface area contributed by atoms with Gasteiger partial charge in [-0.05, 0) is 6.07 Å². The van der Waals surface area contributed by atoms with Gasteiger partial charge >= 0.3 is 23.6 Å². The monoisotopic (exact) mass is 468 g/mol. The molecule has 1 aromatic carbocycles. The van der Waals surface area contributed by atoms with Crippen LogP contribution in [-0.4, -0.2) is 66.0 Å². The highest BCUT2D eigenvalue weighted by molar-refractivity contribution is 5.73. The summed E-state index contributed by atoms with van der Waals surface area (Å²) in [5.41, 5.74) is -0.384.